The van der Waals surface area contributed by atoms with Crippen LogP contribution in [0.1, 0.15) is 0 Å². The second-order valence-electron chi connectivity index (χ2n) is 11.6. The molecule has 0 atom stereocenters. The summed E-state index contributed by atoms with van der Waals surface area (Å²) in [7, 11) is 0. The number of hydrogen-bond donors (Lipinski definition) is 0. The van der Waals surface area contributed by atoms with E-state index in [4.69, 9.17) is 8.83 Å². The van der Waals surface area contributed by atoms with E-state index in [0.717, 1.165) is 60.9 Å². The maximum absolute atomic E-state index is 6.67. The lowest BCUT2D eigenvalue weighted by atomic mass is 9.98. The summed E-state index contributed by atoms with van der Waals surface area (Å²) in [5, 5.41) is 6.89. The summed E-state index contributed by atoms with van der Waals surface area (Å²) in [5.74, 6) is 0. The number of nitrogens with zero attached hydrogens (tertiary/aromatic N) is 1. The first-order valence-corrected chi connectivity index (χ1v) is 16.3. The van der Waals surface area contributed by atoms with Gasteiger partial charge in [-0.3, -0.25) is 0 Å². The van der Waals surface area contributed by atoms with Crippen molar-refractivity contribution in [3.63, 3.8) is 0 Å². The lowest BCUT2D eigenvalue weighted by molar-refractivity contribution is 0.666. The Kier molecular flexibility index (Phi) is 5.45. The predicted molar refractivity (Wildman–Crippen MR) is 194 cm³/mol. The fraction of sp³-hybridized carbons (Fsp3) is 0. The molecule has 0 radical (unpaired) electrons. The van der Waals surface area contributed by atoms with Crippen molar-refractivity contribution in [3.8, 4) is 11.1 Å². The van der Waals surface area contributed by atoms with Gasteiger partial charge in [-0.25, -0.2) is 0 Å². The molecule has 0 N–H and O–H groups in total. The number of fused-ring (bicyclic) bond motifs is 9. The van der Waals surface area contributed by atoms with Crippen LogP contribution in [0, 0.1) is 0 Å². The Morgan fingerprint density at radius 1 is 0.413 bits per heavy atom. The average molecular weight is 608 g/mol. The molecule has 10 aromatic rings. The zero-order valence-electron chi connectivity index (χ0n) is 24.6. The Labute approximate surface area is 268 Å². The summed E-state index contributed by atoms with van der Waals surface area (Å²) in [4.78, 5) is 2.35. The summed E-state index contributed by atoms with van der Waals surface area (Å²) in [5.41, 5.74) is 8.87. The van der Waals surface area contributed by atoms with Crippen LogP contribution in [0.4, 0.5) is 17.1 Å². The van der Waals surface area contributed by atoms with Crippen LogP contribution >= 0.6 is 11.3 Å². The summed E-state index contributed by atoms with van der Waals surface area (Å²) < 4.78 is 15.8. The highest BCUT2D eigenvalue weighted by Gasteiger charge is 2.26. The smallest absolute Gasteiger partial charge is 0.159 e. The minimum absolute atomic E-state index is 0.846. The highest BCUT2D eigenvalue weighted by molar-refractivity contribution is 7.26. The molecule has 0 aliphatic carbocycles. The molecule has 3 heterocycles. The van der Waals surface area contributed by atoms with Crippen molar-refractivity contribution in [2.75, 3.05) is 4.90 Å². The Morgan fingerprint density at radius 3 is 1.61 bits per heavy atom. The van der Waals surface area contributed by atoms with Crippen molar-refractivity contribution in [1.82, 2.24) is 0 Å². The minimum Gasteiger partial charge on any atom is -0.454 e. The van der Waals surface area contributed by atoms with Crippen LogP contribution in [-0.4, -0.2) is 0 Å². The SMILES string of the molecule is c1ccc(-c2ccc(N(c3cccc4c3oc3ccccc34)c3cccc4c3oc3ccccc34)c3sc4ccccc4c23)cc1. The normalized spacial score (nSPS) is 11.9. The van der Waals surface area contributed by atoms with E-state index >= 15 is 0 Å². The molecule has 0 amide bonds. The third-order valence-corrected chi connectivity index (χ3v) is 10.3. The maximum atomic E-state index is 6.67. The van der Waals surface area contributed by atoms with Gasteiger partial charge in [0.1, 0.15) is 11.2 Å². The van der Waals surface area contributed by atoms with Gasteiger partial charge in [0.15, 0.2) is 11.2 Å². The molecule has 3 nitrogen and oxygen atoms in total. The number of benzene rings is 7. The van der Waals surface area contributed by atoms with Crippen LogP contribution in [0.2, 0.25) is 0 Å². The Hall–Kier alpha value is -5.84. The predicted octanol–water partition coefficient (Wildman–Crippen LogP) is 13.0. The van der Waals surface area contributed by atoms with E-state index < -0.39 is 0 Å². The number of anilines is 3. The molecule has 0 fully saturated rings. The minimum atomic E-state index is 0.846. The summed E-state index contributed by atoms with van der Waals surface area (Å²) in [6.07, 6.45) is 0. The van der Waals surface area contributed by atoms with Crippen LogP contribution in [0.3, 0.4) is 0 Å². The van der Waals surface area contributed by atoms with Crippen molar-refractivity contribution < 1.29 is 8.83 Å². The van der Waals surface area contributed by atoms with Crippen LogP contribution in [-0.2, 0) is 0 Å². The first kappa shape index (κ1) is 25.5. The van der Waals surface area contributed by atoms with E-state index in [1.165, 1.54) is 31.3 Å². The van der Waals surface area contributed by atoms with Gasteiger partial charge >= 0.3 is 0 Å². The van der Waals surface area contributed by atoms with Crippen molar-refractivity contribution in [3.05, 3.63) is 152 Å². The molecular weight excluding hydrogens is 583 g/mol. The molecule has 4 heteroatoms. The molecule has 7 aromatic carbocycles. The third-order valence-electron chi connectivity index (χ3n) is 9.08. The summed E-state index contributed by atoms with van der Waals surface area (Å²) in [6, 6.07) is 53.4. The topological polar surface area (TPSA) is 29.5 Å². The van der Waals surface area contributed by atoms with Gasteiger partial charge in [-0.1, -0.05) is 115 Å². The molecule has 0 saturated heterocycles. The van der Waals surface area contributed by atoms with E-state index in [9.17, 15) is 0 Å². The van der Waals surface area contributed by atoms with Gasteiger partial charge in [-0.05, 0) is 47.5 Å². The largest absolute Gasteiger partial charge is 0.454 e. The third kappa shape index (κ3) is 3.65. The summed E-state index contributed by atoms with van der Waals surface area (Å²) >= 11 is 1.83. The molecule has 3 aromatic heterocycles. The van der Waals surface area contributed by atoms with Gasteiger partial charge in [0.05, 0.1) is 21.8 Å². The standard InChI is InChI=1S/C42H25NO2S/c1-2-12-26(13-3-1)27-24-25-35(42-39(27)32-16-6-9-23-38(32)46-42)43(33-19-10-17-30-28-14-4-7-21-36(28)44-40(30)33)34-20-11-18-31-29-15-5-8-22-37(29)45-41(31)34/h1-25H. The van der Waals surface area contributed by atoms with E-state index in [0.29, 0.717) is 0 Å². The number of rotatable bonds is 4. The zero-order chi connectivity index (χ0) is 30.2. The van der Waals surface area contributed by atoms with Crippen LogP contribution in [0.25, 0.3) is 75.2 Å². The maximum Gasteiger partial charge on any atom is 0.159 e. The highest BCUT2D eigenvalue weighted by atomic mass is 32.1. The molecule has 0 bridgehead atoms. The Bertz CT molecular complexity index is 2650. The second-order valence-corrected chi connectivity index (χ2v) is 12.7. The highest BCUT2D eigenvalue weighted by Crippen LogP contribution is 2.51. The van der Waals surface area contributed by atoms with Crippen molar-refractivity contribution >= 4 is 92.4 Å². The Morgan fingerprint density at radius 2 is 0.957 bits per heavy atom. The number of furan rings is 2. The van der Waals surface area contributed by atoms with Gasteiger partial charge in [-0.15, -0.1) is 11.3 Å². The van der Waals surface area contributed by atoms with Crippen LogP contribution < -0.4 is 4.90 Å². The summed E-state index contributed by atoms with van der Waals surface area (Å²) in [6.45, 7) is 0. The van der Waals surface area contributed by atoms with Crippen molar-refractivity contribution in [1.29, 1.82) is 0 Å². The average Bonchev–Trinajstić information content (AvgIpc) is 3.81. The number of hydrogen-bond acceptors (Lipinski definition) is 4. The lowest BCUT2D eigenvalue weighted by Gasteiger charge is -2.26. The van der Waals surface area contributed by atoms with Gasteiger partial charge in [0.25, 0.3) is 0 Å². The van der Waals surface area contributed by atoms with Crippen LogP contribution in [0.15, 0.2) is 160 Å². The molecule has 46 heavy (non-hydrogen) atoms. The molecule has 10 rings (SSSR count). The van der Waals surface area contributed by atoms with E-state index in [1.807, 2.05) is 35.6 Å². The second kappa shape index (κ2) is 9.83. The quantitative estimate of drug-likeness (QED) is 0.199. The van der Waals surface area contributed by atoms with E-state index in [-0.39, 0.29) is 0 Å². The first-order valence-electron chi connectivity index (χ1n) is 15.4. The first-order chi connectivity index (χ1) is 22.8. The molecule has 216 valence electrons. The van der Waals surface area contributed by atoms with Gasteiger partial charge in [0.2, 0.25) is 0 Å². The molecule has 0 spiro atoms. The number of para-hydroxylation sites is 4. The van der Waals surface area contributed by atoms with E-state index in [2.05, 4.69) is 132 Å². The number of thiophene rings is 1. The fourth-order valence-electron chi connectivity index (χ4n) is 7.05. The fourth-order valence-corrected chi connectivity index (χ4v) is 8.29. The van der Waals surface area contributed by atoms with E-state index in [1.54, 1.807) is 0 Å². The zero-order valence-corrected chi connectivity index (χ0v) is 25.4. The van der Waals surface area contributed by atoms with Crippen molar-refractivity contribution in [2.24, 2.45) is 0 Å². The monoisotopic (exact) mass is 607 g/mol. The lowest BCUT2D eigenvalue weighted by Crippen LogP contribution is -2.11. The molecule has 0 unspecified atom stereocenters. The van der Waals surface area contributed by atoms with Crippen molar-refractivity contribution in [2.45, 2.75) is 0 Å². The molecule has 0 aliphatic heterocycles. The van der Waals surface area contributed by atoms with Crippen LogP contribution in [0.5, 0.6) is 0 Å². The van der Waals surface area contributed by atoms with Gasteiger partial charge < -0.3 is 13.7 Å². The molecular formula is C42H25NO2S. The molecule has 0 saturated carbocycles. The van der Waals surface area contributed by atoms with Gasteiger partial charge in [0, 0.05) is 37.0 Å². The molecule has 0 aliphatic rings. The van der Waals surface area contributed by atoms with Gasteiger partial charge in [-0.2, -0.15) is 0 Å². The Balaban J connectivity index is 1.36.